The second-order valence-corrected chi connectivity index (χ2v) is 5.92. The van der Waals surface area contributed by atoms with Crippen LogP contribution in [0.4, 0.5) is 5.69 Å². The minimum atomic E-state index is -0.418. The third kappa shape index (κ3) is 5.50. The molecule has 1 amide bonds. The first-order valence-corrected chi connectivity index (χ1v) is 8.26. The molecule has 2 aromatic rings. The smallest absolute Gasteiger partial charge is 0.266 e. The lowest BCUT2D eigenvalue weighted by atomic mass is 10.1. The number of ether oxygens (including phenoxy) is 1. The summed E-state index contributed by atoms with van der Waals surface area (Å²) >= 11 is 0. The van der Waals surface area contributed by atoms with Crippen molar-refractivity contribution in [1.82, 2.24) is 0 Å². The Labute approximate surface area is 148 Å². The summed E-state index contributed by atoms with van der Waals surface area (Å²) in [6.45, 7) is 6.64. The largest absolute Gasteiger partial charge is 0.494 e. The lowest BCUT2D eigenvalue weighted by Crippen LogP contribution is -2.13. The number of anilines is 1. The van der Waals surface area contributed by atoms with Gasteiger partial charge in [0.25, 0.3) is 5.91 Å². The lowest BCUT2D eigenvalue weighted by molar-refractivity contribution is -0.112. The minimum absolute atomic E-state index is 0.0568. The fourth-order valence-corrected chi connectivity index (χ4v) is 2.44. The van der Waals surface area contributed by atoms with Crippen molar-refractivity contribution in [2.24, 2.45) is 0 Å². The molecule has 4 nitrogen and oxygen atoms in total. The molecule has 0 fully saturated rings. The van der Waals surface area contributed by atoms with E-state index in [1.807, 2.05) is 69.3 Å². The summed E-state index contributed by atoms with van der Waals surface area (Å²) in [4.78, 5) is 12.4. The van der Waals surface area contributed by atoms with Gasteiger partial charge in [-0.3, -0.25) is 4.79 Å². The van der Waals surface area contributed by atoms with Gasteiger partial charge in [0.05, 0.1) is 6.61 Å². The van der Waals surface area contributed by atoms with Crippen molar-refractivity contribution < 1.29 is 9.53 Å². The van der Waals surface area contributed by atoms with Crippen LogP contribution in [0.3, 0.4) is 0 Å². The SMILES string of the molecule is CCCOc1ccc(/C=C(\C#N)C(=O)Nc2cc(C)cc(C)c2)cc1. The van der Waals surface area contributed by atoms with E-state index in [2.05, 4.69) is 5.32 Å². The molecule has 0 aromatic heterocycles. The van der Waals surface area contributed by atoms with E-state index in [4.69, 9.17) is 4.74 Å². The first-order valence-electron chi connectivity index (χ1n) is 8.26. The van der Waals surface area contributed by atoms with Crippen LogP contribution in [0.15, 0.2) is 48.0 Å². The maximum Gasteiger partial charge on any atom is 0.266 e. The van der Waals surface area contributed by atoms with Gasteiger partial charge >= 0.3 is 0 Å². The number of nitrogens with one attached hydrogen (secondary N) is 1. The van der Waals surface area contributed by atoms with E-state index >= 15 is 0 Å². The highest BCUT2D eigenvalue weighted by Crippen LogP contribution is 2.17. The summed E-state index contributed by atoms with van der Waals surface area (Å²) in [6, 6.07) is 15.1. The van der Waals surface area contributed by atoms with Crippen molar-refractivity contribution >= 4 is 17.7 Å². The van der Waals surface area contributed by atoms with Crippen LogP contribution in [0.25, 0.3) is 6.08 Å². The molecule has 0 spiro atoms. The number of benzene rings is 2. The van der Waals surface area contributed by atoms with Crippen LogP contribution in [-0.4, -0.2) is 12.5 Å². The van der Waals surface area contributed by atoms with Crippen molar-refractivity contribution in [3.05, 3.63) is 64.7 Å². The van der Waals surface area contributed by atoms with E-state index in [9.17, 15) is 10.1 Å². The van der Waals surface area contributed by atoms with Gasteiger partial charge in [-0.2, -0.15) is 5.26 Å². The van der Waals surface area contributed by atoms with Gasteiger partial charge in [-0.05, 0) is 67.3 Å². The van der Waals surface area contributed by atoms with E-state index in [1.165, 1.54) is 0 Å². The monoisotopic (exact) mass is 334 g/mol. The Kier molecular flexibility index (Phi) is 6.36. The van der Waals surface area contributed by atoms with Crippen molar-refractivity contribution in [1.29, 1.82) is 5.26 Å². The van der Waals surface area contributed by atoms with Crippen molar-refractivity contribution in [2.45, 2.75) is 27.2 Å². The third-order valence-electron chi connectivity index (χ3n) is 3.51. The predicted molar refractivity (Wildman–Crippen MR) is 100 cm³/mol. The topological polar surface area (TPSA) is 62.1 Å². The van der Waals surface area contributed by atoms with Gasteiger partial charge in [-0.25, -0.2) is 0 Å². The van der Waals surface area contributed by atoms with Gasteiger partial charge < -0.3 is 10.1 Å². The summed E-state index contributed by atoms with van der Waals surface area (Å²) < 4.78 is 5.53. The summed E-state index contributed by atoms with van der Waals surface area (Å²) in [6.07, 6.45) is 2.51. The minimum Gasteiger partial charge on any atom is -0.494 e. The van der Waals surface area contributed by atoms with Crippen LogP contribution in [-0.2, 0) is 4.79 Å². The Balaban J connectivity index is 2.13. The molecule has 0 atom stereocenters. The Morgan fingerprint density at radius 1 is 1.16 bits per heavy atom. The highest BCUT2D eigenvalue weighted by molar-refractivity contribution is 6.09. The normalized spacial score (nSPS) is 10.9. The first-order chi connectivity index (χ1) is 12.0. The summed E-state index contributed by atoms with van der Waals surface area (Å²) in [5.41, 5.74) is 3.63. The van der Waals surface area contributed by atoms with E-state index in [1.54, 1.807) is 6.08 Å². The first kappa shape index (κ1) is 18.3. The van der Waals surface area contributed by atoms with Crippen LogP contribution in [0.1, 0.15) is 30.0 Å². The molecule has 0 bridgehead atoms. The number of nitrogens with zero attached hydrogens (tertiary/aromatic N) is 1. The molecule has 0 saturated carbocycles. The molecule has 4 heteroatoms. The van der Waals surface area contributed by atoms with E-state index in [0.29, 0.717) is 12.3 Å². The molecule has 0 aliphatic heterocycles. The van der Waals surface area contributed by atoms with Crippen LogP contribution < -0.4 is 10.1 Å². The molecule has 25 heavy (non-hydrogen) atoms. The van der Waals surface area contributed by atoms with E-state index in [-0.39, 0.29) is 5.57 Å². The van der Waals surface area contributed by atoms with Crippen LogP contribution in [0.5, 0.6) is 5.75 Å². The second-order valence-electron chi connectivity index (χ2n) is 5.92. The molecule has 0 heterocycles. The van der Waals surface area contributed by atoms with Gasteiger partial charge in [-0.15, -0.1) is 0 Å². The highest BCUT2D eigenvalue weighted by atomic mass is 16.5. The number of aryl methyl sites for hydroxylation is 2. The van der Waals surface area contributed by atoms with Crippen LogP contribution in [0.2, 0.25) is 0 Å². The van der Waals surface area contributed by atoms with Gasteiger partial charge in [0, 0.05) is 5.69 Å². The van der Waals surface area contributed by atoms with Gasteiger partial charge in [0.2, 0.25) is 0 Å². The maximum atomic E-state index is 12.4. The van der Waals surface area contributed by atoms with Gasteiger partial charge in [0.15, 0.2) is 0 Å². The van der Waals surface area contributed by atoms with Crippen molar-refractivity contribution in [3.8, 4) is 11.8 Å². The molecule has 0 aliphatic carbocycles. The Morgan fingerprint density at radius 3 is 2.36 bits per heavy atom. The van der Waals surface area contributed by atoms with Crippen molar-refractivity contribution in [2.75, 3.05) is 11.9 Å². The number of hydrogen-bond acceptors (Lipinski definition) is 3. The summed E-state index contributed by atoms with van der Waals surface area (Å²) in [5.74, 6) is 0.357. The van der Waals surface area contributed by atoms with E-state index < -0.39 is 5.91 Å². The summed E-state index contributed by atoms with van der Waals surface area (Å²) in [7, 11) is 0. The average molecular weight is 334 g/mol. The zero-order valence-electron chi connectivity index (χ0n) is 14.8. The second kappa shape index (κ2) is 8.70. The van der Waals surface area contributed by atoms with E-state index in [0.717, 1.165) is 28.9 Å². The molecule has 0 aliphatic rings. The zero-order chi connectivity index (χ0) is 18.2. The standard InChI is InChI=1S/C21H22N2O2/c1-4-9-25-20-7-5-17(6-8-20)13-18(14-22)21(24)23-19-11-15(2)10-16(3)12-19/h5-8,10-13H,4,9H2,1-3H3,(H,23,24)/b18-13+. The van der Waals surface area contributed by atoms with Crippen LogP contribution in [0, 0.1) is 25.2 Å². The summed E-state index contributed by atoms with van der Waals surface area (Å²) in [5, 5.41) is 12.1. The number of rotatable bonds is 6. The fourth-order valence-electron chi connectivity index (χ4n) is 2.44. The number of amides is 1. The van der Waals surface area contributed by atoms with Crippen molar-refractivity contribution in [3.63, 3.8) is 0 Å². The number of carbonyl (C=O) groups excluding carboxylic acids is 1. The molecular formula is C21H22N2O2. The van der Waals surface area contributed by atoms with Crippen LogP contribution >= 0.6 is 0 Å². The predicted octanol–water partition coefficient (Wildman–Crippen LogP) is 4.64. The molecule has 128 valence electrons. The molecule has 2 rings (SSSR count). The quantitative estimate of drug-likeness (QED) is 0.618. The van der Waals surface area contributed by atoms with Gasteiger partial charge in [-0.1, -0.05) is 25.1 Å². The molecule has 1 N–H and O–H groups in total. The zero-order valence-corrected chi connectivity index (χ0v) is 14.8. The molecule has 0 saturated heterocycles. The Bertz CT molecular complexity index is 795. The highest BCUT2D eigenvalue weighted by Gasteiger charge is 2.10. The Hall–Kier alpha value is -3.06. The number of hydrogen-bond donors (Lipinski definition) is 1. The number of nitriles is 1. The Morgan fingerprint density at radius 2 is 1.80 bits per heavy atom. The molecule has 2 aromatic carbocycles. The molecular weight excluding hydrogens is 312 g/mol. The molecule has 0 unspecified atom stereocenters. The fraction of sp³-hybridized carbons (Fsp3) is 0.238. The number of carbonyl (C=O) groups is 1. The maximum absolute atomic E-state index is 12.4. The van der Waals surface area contributed by atoms with Gasteiger partial charge in [0.1, 0.15) is 17.4 Å². The molecule has 0 radical (unpaired) electrons. The average Bonchev–Trinajstić information content (AvgIpc) is 2.57. The third-order valence-corrected chi connectivity index (χ3v) is 3.51. The lowest BCUT2D eigenvalue weighted by Gasteiger charge is -2.07.